The van der Waals surface area contributed by atoms with Gasteiger partial charge < -0.3 is 19.0 Å². The largest absolute Gasteiger partial charge is 0.468 e. The van der Waals surface area contributed by atoms with E-state index in [0.717, 1.165) is 14.2 Å². The van der Waals surface area contributed by atoms with Crippen molar-refractivity contribution < 1.29 is 37.8 Å². The van der Waals surface area contributed by atoms with Crippen molar-refractivity contribution in [2.24, 2.45) is 17.3 Å². The number of hydrogen-bond donors (Lipinski definition) is 0. The second-order valence-electron chi connectivity index (χ2n) is 6.67. The van der Waals surface area contributed by atoms with Gasteiger partial charge in [0, 0.05) is 18.3 Å². The summed E-state index contributed by atoms with van der Waals surface area (Å²) in [4.78, 5) is 49.6. The molecule has 0 radical (unpaired) electrons. The first-order valence-electron chi connectivity index (χ1n) is 8.88. The molecule has 152 valence electrons. The minimum Gasteiger partial charge on any atom is -0.468 e. The van der Waals surface area contributed by atoms with Crippen molar-refractivity contribution in [1.29, 1.82) is 0 Å². The van der Waals surface area contributed by atoms with Gasteiger partial charge in [-0.05, 0) is 37.0 Å². The molecule has 0 aromatic heterocycles. The fourth-order valence-corrected chi connectivity index (χ4v) is 4.15. The number of carbonyl (C=O) groups is 4. The molecule has 1 fully saturated rings. The normalized spacial score (nSPS) is 22.9. The van der Waals surface area contributed by atoms with Crippen LogP contribution in [-0.2, 0) is 33.4 Å². The van der Waals surface area contributed by atoms with Crippen LogP contribution in [0.4, 0.5) is 4.39 Å². The Balaban J connectivity index is 2.61. The van der Waals surface area contributed by atoms with Crippen LogP contribution in [0, 0.1) is 23.1 Å². The lowest BCUT2D eigenvalue weighted by atomic mass is 9.71. The highest BCUT2D eigenvalue weighted by atomic mass is 19.1. The Morgan fingerprint density at radius 2 is 1.71 bits per heavy atom. The maximum absolute atomic E-state index is 13.4. The van der Waals surface area contributed by atoms with Gasteiger partial charge in [0.2, 0.25) is 0 Å². The maximum Gasteiger partial charge on any atom is 0.323 e. The first-order chi connectivity index (χ1) is 13.3. The quantitative estimate of drug-likeness (QED) is 0.302. The molecule has 1 saturated carbocycles. The zero-order valence-electron chi connectivity index (χ0n) is 16.0. The van der Waals surface area contributed by atoms with Gasteiger partial charge in [0.25, 0.3) is 0 Å². The number of esters is 3. The number of hydrogen-bond acceptors (Lipinski definition) is 7. The molecule has 0 unspecified atom stereocenters. The minimum absolute atomic E-state index is 0.128. The van der Waals surface area contributed by atoms with Gasteiger partial charge in [-0.25, -0.2) is 4.39 Å². The summed E-state index contributed by atoms with van der Waals surface area (Å²) in [7, 11) is 2.26. The smallest absolute Gasteiger partial charge is 0.323 e. The highest BCUT2D eigenvalue weighted by molar-refractivity contribution is 6.02. The highest BCUT2D eigenvalue weighted by Gasteiger charge is 2.64. The van der Waals surface area contributed by atoms with E-state index < -0.39 is 46.9 Å². The number of ether oxygens (including phenoxy) is 3. The summed E-state index contributed by atoms with van der Waals surface area (Å²) in [5.74, 6) is -5.27. The summed E-state index contributed by atoms with van der Waals surface area (Å²) >= 11 is 0. The van der Waals surface area contributed by atoms with Gasteiger partial charge in [-0.2, -0.15) is 0 Å². The average molecular weight is 394 g/mol. The lowest BCUT2D eigenvalue weighted by molar-refractivity contribution is -0.170. The topological polar surface area (TPSA) is 96.0 Å². The molecule has 0 bridgehead atoms. The lowest BCUT2D eigenvalue weighted by Crippen LogP contribution is -2.44. The van der Waals surface area contributed by atoms with Crippen LogP contribution in [-0.4, -0.2) is 45.0 Å². The van der Waals surface area contributed by atoms with Crippen LogP contribution in [0.25, 0.3) is 0 Å². The Kier molecular flexibility index (Phi) is 6.88. The molecule has 0 N–H and O–H groups in total. The van der Waals surface area contributed by atoms with Gasteiger partial charge >= 0.3 is 17.9 Å². The number of halogens is 1. The van der Waals surface area contributed by atoms with E-state index in [4.69, 9.17) is 14.2 Å². The third-order valence-corrected chi connectivity index (χ3v) is 5.26. The Hall–Kier alpha value is -2.77. The van der Waals surface area contributed by atoms with Crippen LogP contribution < -0.4 is 0 Å². The van der Waals surface area contributed by atoms with Crippen LogP contribution in [0.15, 0.2) is 24.3 Å². The fraction of sp³-hybridized carbons (Fsp3) is 0.500. The molecule has 0 heterocycles. The Morgan fingerprint density at radius 1 is 1.14 bits per heavy atom. The molecule has 1 aliphatic rings. The Morgan fingerprint density at radius 3 is 2.18 bits per heavy atom. The van der Waals surface area contributed by atoms with Crippen molar-refractivity contribution in [2.75, 3.05) is 20.8 Å². The van der Waals surface area contributed by atoms with E-state index in [1.54, 1.807) is 6.92 Å². The standard InChI is InChI=1S/C20H23FO7/c1-4-28-16(23)9-13-10-20(18(24)26-2,19(25)27-3)17(15(13)11-22)12-5-7-14(21)8-6-12/h5-8,11,13,15,17H,4,9-10H2,1-3H3/t13-,15+,17-/m1/s1. The van der Waals surface area contributed by atoms with Gasteiger partial charge in [0.1, 0.15) is 12.1 Å². The molecule has 1 aromatic rings. The molecule has 1 aromatic carbocycles. The Labute approximate surface area is 162 Å². The van der Waals surface area contributed by atoms with E-state index in [9.17, 15) is 23.6 Å². The van der Waals surface area contributed by atoms with E-state index in [2.05, 4.69) is 0 Å². The van der Waals surface area contributed by atoms with Gasteiger partial charge in [0.05, 0.1) is 20.8 Å². The number of aldehydes is 1. The average Bonchev–Trinajstić information content (AvgIpc) is 3.02. The van der Waals surface area contributed by atoms with Crippen LogP contribution in [0.5, 0.6) is 0 Å². The van der Waals surface area contributed by atoms with Crippen molar-refractivity contribution in [2.45, 2.75) is 25.7 Å². The first-order valence-corrected chi connectivity index (χ1v) is 8.88. The zero-order valence-corrected chi connectivity index (χ0v) is 16.0. The van der Waals surface area contributed by atoms with Crippen molar-refractivity contribution in [1.82, 2.24) is 0 Å². The third kappa shape index (κ3) is 3.76. The van der Waals surface area contributed by atoms with E-state index in [0.29, 0.717) is 11.8 Å². The van der Waals surface area contributed by atoms with E-state index in [1.165, 1.54) is 24.3 Å². The highest BCUT2D eigenvalue weighted by Crippen LogP contribution is 2.57. The summed E-state index contributed by atoms with van der Waals surface area (Å²) in [5.41, 5.74) is -1.43. The Bertz CT molecular complexity index is 727. The molecule has 8 heteroatoms. The van der Waals surface area contributed by atoms with Crippen molar-refractivity contribution >= 4 is 24.2 Å². The number of rotatable bonds is 7. The summed E-state index contributed by atoms with van der Waals surface area (Å²) in [6.45, 7) is 1.82. The van der Waals surface area contributed by atoms with Gasteiger partial charge in [-0.3, -0.25) is 14.4 Å². The molecule has 0 aliphatic heterocycles. The maximum atomic E-state index is 13.4. The molecular weight excluding hydrogens is 371 g/mol. The molecule has 28 heavy (non-hydrogen) atoms. The minimum atomic E-state index is -1.83. The second kappa shape index (κ2) is 8.95. The SMILES string of the molecule is CCOC(=O)C[C@@H]1CC(C(=O)OC)(C(=O)OC)[C@H](c2ccc(F)cc2)[C@H]1C=O. The monoisotopic (exact) mass is 394 g/mol. The lowest BCUT2D eigenvalue weighted by Gasteiger charge is -2.31. The molecule has 1 aliphatic carbocycles. The molecule has 3 atom stereocenters. The fourth-order valence-electron chi connectivity index (χ4n) is 4.15. The van der Waals surface area contributed by atoms with Gasteiger partial charge in [-0.1, -0.05) is 12.1 Å². The van der Waals surface area contributed by atoms with Crippen LogP contribution in [0.3, 0.4) is 0 Å². The van der Waals surface area contributed by atoms with Crippen molar-refractivity contribution in [3.8, 4) is 0 Å². The first kappa shape index (κ1) is 21.5. The van der Waals surface area contributed by atoms with Crippen LogP contribution in [0.1, 0.15) is 31.2 Å². The molecule has 7 nitrogen and oxygen atoms in total. The molecule has 0 spiro atoms. The van der Waals surface area contributed by atoms with Crippen molar-refractivity contribution in [3.05, 3.63) is 35.6 Å². The molecular formula is C20H23FO7. The summed E-state index contributed by atoms with van der Waals surface area (Å²) in [6, 6.07) is 5.16. The van der Waals surface area contributed by atoms with Gasteiger partial charge in [-0.15, -0.1) is 0 Å². The summed E-state index contributed by atoms with van der Waals surface area (Å²) in [5, 5.41) is 0. The number of methoxy groups -OCH3 is 2. The predicted molar refractivity (Wildman–Crippen MR) is 94.5 cm³/mol. The predicted octanol–water partition coefficient (Wildman–Crippen LogP) is 2.03. The van der Waals surface area contributed by atoms with E-state index in [1.807, 2.05) is 0 Å². The number of benzene rings is 1. The number of carbonyl (C=O) groups excluding carboxylic acids is 4. The zero-order chi connectivity index (χ0) is 20.9. The van der Waals surface area contributed by atoms with Crippen molar-refractivity contribution in [3.63, 3.8) is 0 Å². The molecule has 2 rings (SSSR count). The van der Waals surface area contributed by atoms with Gasteiger partial charge in [0.15, 0.2) is 5.41 Å². The third-order valence-electron chi connectivity index (χ3n) is 5.26. The summed E-state index contributed by atoms with van der Waals surface area (Å²) in [6.07, 6.45) is 0.340. The van der Waals surface area contributed by atoms with Crippen LogP contribution >= 0.6 is 0 Å². The van der Waals surface area contributed by atoms with Crippen LogP contribution in [0.2, 0.25) is 0 Å². The molecule has 0 saturated heterocycles. The van der Waals surface area contributed by atoms with E-state index in [-0.39, 0.29) is 19.4 Å². The second-order valence-corrected chi connectivity index (χ2v) is 6.67. The molecule has 0 amide bonds. The van der Waals surface area contributed by atoms with E-state index >= 15 is 0 Å². The summed E-state index contributed by atoms with van der Waals surface area (Å²) < 4.78 is 28.1.